The minimum absolute atomic E-state index is 0.0547. The minimum atomic E-state index is 0.0547. The van der Waals surface area contributed by atoms with E-state index in [0.29, 0.717) is 29.6 Å². The van der Waals surface area contributed by atoms with Crippen molar-refractivity contribution in [2.45, 2.75) is 18.9 Å². The molecule has 162 valence electrons. The summed E-state index contributed by atoms with van der Waals surface area (Å²) in [5.74, 6) is 0.457. The molecule has 0 unspecified atom stereocenters. The maximum Gasteiger partial charge on any atom is 0.246 e. The van der Waals surface area contributed by atoms with Gasteiger partial charge in [0.2, 0.25) is 5.91 Å². The van der Waals surface area contributed by atoms with Gasteiger partial charge in [-0.25, -0.2) is 14.6 Å². The lowest BCUT2D eigenvalue weighted by Crippen LogP contribution is -2.38. The summed E-state index contributed by atoms with van der Waals surface area (Å²) in [6.07, 6.45) is 6.63. The number of carbonyl (C=O) groups excluding carboxylic acids is 1. The number of halogens is 1. The zero-order valence-electron chi connectivity index (χ0n) is 17.7. The van der Waals surface area contributed by atoms with E-state index in [2.05, 4.69) is 9.97 Å². The van der Waals surface area contributed by atoms with Crippen molar-refractivity contribution in [1.29, 1.82) is 0 Å². The molecule has 4 rings (SSSR count). The second kappa shape index (κ2) is 9.03. The van der Waals surface area contributed by atoms with Gasteiger partial charge in [0.05, 0.1) is 11.4 Å². The predicted molar refractivity (Wildman–Crippen MR) is 123 cm³/mol. The summed E-state index contributed by atoms with van der Waals surface area (Å²) in [7, 11) is 3.95. The monoisotopic (exact) mass is 439 g/mol. The summed E-state index contributed by atoms with van der Waals surface area (Å²) >= 11 is 6.05. The Hall–Kier alpha value is -2.97. The standard InChI is InChI=1S/C22H26ClN7O/c1-28(2)11-3-4-18(31)29-12-9-17(10-13-29)30-22-19(21(24)25-14-26-22)20(27-30)15-5-7-16(23)8-6-15/h3-8,14,17H,9-13H2,1-2H3,(H2,24,25,26)/b4-3+. The topological polar surface area (TPSA) is 93.2 Å². The quantitative estimate of drug-likeness (QED) is 0.614. The molecule has 9 heteroatoms. The van der Waals surface area contributed by atoms with Gasteiger partial charge < -0.3 is 15.5 Å². The van der Waals surface area contributed by atoms with Gasteiger partial charge in [-0.15, -0.1) is 0 Å². The van der Waals surface area contributed by atoms with E-state index >= 15 is 0 Å². The Morgan fingerprint density at radius 3 is 2.61 bits per heavy atom. The van der Waals surface area contributed by atoms with E-state index in [4.69, 9.17) is 22.4 Å². The SMILES string of the molecule is CN(C)C/C=C/C(=O)N1CCC(n2nc(-c3ccc(Cl)cc3)c3c(N)ncnc32)CC1. The fourth-order valence-corrected chi connectivity index (χ4v) is 3.99. The van der Waals surface area contributed by atoms with Crippen molar-refractivity contribution in [3.63, 3.8) is 0 Å². The van der Waals surface area contributed by atoms with Crippen LogP contribution in [0.15, 0.2) is 42.7 Å². The fraction of sp³-hybridized carbons (Fsp3) is 0.364. The van der Waals surface area contributed by atoms with Crippen molar-refractivity contribution in [2.24, 2.45) is 0 Å². The van der Waals surface area contributed by atoms with Gasteiger partial charge in [0.15, 0.2) is 5.65 Å². The molecule has 1 amide bonds. The van der Waals surface area contributed by atoms with Crippen molar-refractivity contribution in [1.82, 2.24) is 29.5 Å². The summed E-state index contributed by atoms with van der Waals surface area (Å²) in [6, 6.07) is 7.63. The number of nitrogen functional groups attached to an aromatic ring is 1. The van der Waals surface area contributed by atoms with Crippen molar-refractivity contribution in [2.75, 3.05) is 39.5 Å². The highest BCUT2D eigenvalue weighted by atomic mass is 35.5. The van der Waals surface area contributed by atoms with Crippen LogP contribution in [0.1, 0.15) is 18.9 Å². The molecule has 1 saturated heterocycles. The molecule has 0 bridgehead atoms. The summed E-state index contributed by atoms with van der Waals surface area (Å²) < 4.78 is 1.95. The third-order valence-corrected chi connectivity index (χ3v) is 5.74. The number of nitrogens with zero attached hydrogens (tertiary/aromatic N) is 6. The molecule has 0 radical (unpaired) electrons. The Balaban J connectivity index is 1.57. The summed E-state index contributed by atoms with van der Waals surface area (Å²) in [5.41, 5.74) is 8.57. The van der Waals surface area contributed by atoms with Gasteiger partial charge in [0.25, 0.3) is 0 Å². The number of hydrogen-bond donors (Lipinski definition) is 1. The van der Waals surface area contributed by atoms with E-state index in [1.54, 1.807) is 6.08 Å². The molecule has 1 aromatic carbocycles. The number of likely N-dealkylation sites (N-methyl/N-ethyl adjacent to an activating group) is 1. The fourth-order valence-electron chi connectivity index (χ4n) is 3.86. The highest BCUT2D eigenvalue weighted by Crippen LogP contribution is 2.34. The maximum absolute atomic E-state index is 12.4. The Morgan fingerprint density at radius 2 is 1.94 bits per heavy atom. The van der Waals surface area contributed by atoms with Crippen LogP contribution < -0.4 is 5.73 Å². The molecule has 0 aliphatic carbocycles. The van der Waals surface area contributed by atoms with Gasteiger partial charge in [-0.2, -0.15) is 5.10 Å². The normalized spacial score (nSPS) is 15.4. The van der Waals surface area contributed by atoms with Crippen LogP contribution in [-0.2, 0) is 4.79 Å². The van der Waals surface area contributed by atoms with E-state index in [0.717, 1.165) is 36.0 Å². The Kier molecular flexibility index (Phi) is 6.20. The molecule has 3 aromatic rings. The molecule has 2 aromatic heterocycles. The first-order valence-electron chi connectivity index (χ1n) is 10.3. The molecule has 31 heavy (non-hydrogen) atoms. The molecule has 0 saturated carbocycles. The summed E-state index contributed by atoms with van der Waals surface area (Å²) in [6.45, 7) is 2.10. The molecule has 0 atom stereocenters. The van der Waals surface area contributed by atoms with E-state index in [-0.39, 0.29) is 11.9 Å². The van der Waals surface area contributed by atoms with Crippen molar-refractivity contribution >= 4 is 34.4 Å². The number of aromatic nitrogens is 4. The average Bonchev–Trinajstić information content (AvgIpc) is 3.15. The van der Waals surface area contributed by atoms with E-state index in [9.17, 15) is 4.79 Å². The number of benzene rings is 1. The van der Waals surface area contributed by atoms with E-state index in [1.807, 2.05) is 58.9 Å². The third-order valence-electron chi connectivity index (χ3n) is 5.49. The molecule has 0 spiro atoms. The highest BCUT2D eigenvalue weighted by Gasteiger charge is 2.27. The van der Waals surface area contributed by atoms with Gasteiger partial charge in [0, 0.05) is 36.3 Å². The van der Waals surface area contributed by atoms with Crippen LogP contribution in [0.2, 0.25) is 5.02 Å². The zero-order valence-corrected chi connectivity index (χ0v) is 18.5. The van der Waals surface area contributed by atoms with Crippen LogP contribution in [0.5, 0.6) is 0 Å². The first-order valence-corrected chi connectivity index (χ1v) is 10.7. The molecular formula is C22H26ClN7O. The Bertz CT molecular complexity index is 1100. The minimum Gasteiger partial charge on any atom is -0.383 e. The second-order valence-corrected chi connectivity index (χ2v) is 8.42. The van der Waals surface area contributed by atoms with Gasteiger partial charge in [0.1, 0.15) is 17.8 Å². The molecular weight excluding hydrogens is 414 g/mol. The Labute approximate surface area is 186 Å². The van der Waals surface area contributed by atoms with Crippen LogP contribution >= 0.6 is 11.6 Å². The number of carbonyl (C=O) groups is 1. The van der Waals surface area contributed by atoms with Crippen molar-refractivity contribution in [3.8, 4) is 11.3 Å². The van der Waals surface area contributed by atoms with Crippen molar-refractivity contribution in [3.05, 3.63) is 47.8 Å². The maximum atomic E-state index is 12.4. The number of hydrogen-bond acceptors (Lipinski definition) is 6. The molecule has 2 N–H and O–H groups in total. The Morgan fingerprint density at radius 1 is 1.23 bits per heavy atom. The number of fused-ring (bicyclic) bond motifs is 1. The molecule has 1 fully saturated rings. The number of nitrogens with two attached hydrogens (primary N) is 1. The number of amides is 1. The van der Waals surface area contributed by atoms with Crippen molar-refractivity contribution < 1.29 is 4.79 Å². The summed E-state index contributed by atoms with van der Waals surface area (Å²) in [4.78, 5) is 25.0. The van der Waals surface area contributed by atoms with Gasteiger partial charge >= 0.3 is 0 Å². The lowest BCUT2D eigenvalue weighted by Gasteiger charge is -2.31. The van der Waals surface area contributed by atoms with Crippen LogP contribution in [0, 0.1) is 0 Å². The highest BCUT2D eigenvalue weighted by molar-refractivity contribution is 6.30. The number of anilines is 1. The zero-order chi connectivity index (χ0) is 22.0. The van der Waals surface area contributed by atoms with E-state index in [1.165, 1.54) is 6.33 Å². The smallest absolute Gasteiger partial charge is 0.246 e. The lowest BCUT2D eigenvalue weighted by atomic mass is 10.1. The molecule has 8 nitrogen and oxygen atoms in total. The predicted octanol–water partition coefficient (Wildman–Crippen LogP) is 3.01. The lowest BCUT2D eigenvalue weighted by molar-refractivity contribution is -0.127. The molecule has 1 aliphatic heterocycles. The first kappa shape index (κ1) is 21.3. The molecule has 1 aliphatic rings. The number of piperidine rings is 1. The summed E-state index contributed by atoms with van der Waals surface area (Å²) in [5, 5.41) is 6.29. The van der Waals surface area contributed by atoms with Crippen LogP contribution in [0.25, 0.3) is 22.3 Å². The molecule has 3 heterocycles. The van der Waals surface area contributed by atoms with Crippen LogP contribution in [0.3, 0.4) is 0 Å². The van der Waals surface area contributed by atoms with E-state index < -0.39 is 0 Å². The van der Waals surface area contributed by atoms with Crippen LogP contribution in [-0.4, -0.2) is 69.2 Å². The van der Waals surface area contributed by atoms with Gasteiger partial charge in [-0.1, -0.05) is 29.8 Å². The van der Waals surface area contributed by atoms with Gasteiger partial charge in [-0.05, 0) is 39.1 Å². The largest absolute Gasteiger partial charge is 0.383 e. The number of likely N-dealkylation sites (tertiary alicyclic amines) is 1. The van der Waals surface area contributed by atoms with Gasteiger partial charge in [-0.3, -0.25) is 4.79 Å². The third kappa shape index (κ3) is 4.55. The second-order valence-electron chi connectivity index (χ2n) is 7.98. The average molecular weight is 440 g/mol. The first-order chi connectivity index (χ1) is 14.9. The van der Waals surface area contributed by atoms with Crippen LogP contribution in [0.4, 0.5) is 5.82 Å². The number of rotatable bonds is 5.